The lowest BCUT2D eigenvalue weighted by Gasteiger charge is -2.18. The zero-order chi connectivity index (χ0) is 15.1. The maximum Gasteiger partial charge on any atom is 0.260 e. The number of benzene rings is 1. The van der Waals surface area contributed by atoms with E-state index in [0.29, 0.717) is 18.0 Å². The maximum absolute atomic E-state index is 11.7. The molecule has 5 nitrogen and oxygen atoms in total. The highest BCUT2D eigenvalue weighted by atomic mass is 79.9. The van der Waals surface area contributed by atoms with Crippen LogP contribution in [-0.4, -0.2) is 32.7 Å². The van der Waals surface area contributed by atoms with Crippen molar-refractivity contribution in [1.29, 1.82) is 0 Å². The van der Waals surface area contributed by atoms with Crippen LogP contribution in [0.1, 0.15) is 19.4 Å². The quantitative estimate of drug-likeness (QED) is 0.795. The predicted molar refractivity (Wildman–Crippen MR) is 82.2 cm³/mol. The summed E-state index contributed by atoms with van der Waals surface area (Å²) in [6.45, 7) is 4.87. The van der Waals surface area contributed by atoms with Crippen molar-refractivity contribution in [2.75, 3.05) is 20.7 Å². The van der Waals surface area contributed by atoms with Gasteiger partial charge in [-0.3, -0.25) is 4.79 Å². The van der Waals surface area contributed by atoms with E-state index in [2.05, 4.69) is 26.6 Å². The van der Waals surface area contributed by atoms with Crippen molar-refractivity contribution >= 4 is 21.8 Å². The SMILES string of the molecule is CCNC(=O)C(C)Oc1c(Br)cc(CNC)cc1OC. The molecule has 0 radical (unpaired) electrons. The highest BCUT2D eigenvalue weighted by Crippen LogP contribution is 2.37. The minimum atomic E-state index is -0.588. The molecule has 1 amide bonds. The van der Waals surface area contributed by atoms with Crippen molar-refractivity contribution in [2.45, 2.75) is 26.5 Å². The summed E-state index contributed by atoms with van der Waals surface area (Å²) >= 11 is 3.46. The molecule has 6 heteroatoms. The molecule has 0 saturated heterocycles. The van der Waals surface area contributed by atoms with Gasteiger partial charge in [-0.1, -0.05) is 0 Å². The van der Waals surface area contributed by atoms with Crippen molar-refractivity contribution in [3.8, 4) is 11.5 Å². The average molecular weight is 345 g/mol. The lowest BCUT2D eigenvalue weighted by molar-refractivity contribution is -0.127. The highest BCUT2D eigenvalue weighted by molar-refractivity contribution is 9.10. The zero-order valence-corrected chi connectivity index (χ0v) is 13.8. The molecular weight excluding hydrogens is 324 g/mol. The summed E-state index contributed by atoms with van der Waals surface area (Å²) in [4.78, 5) is 11.7. The van der Waals surface area contributed by atoms with E-state index in [9.17, 15) is 4.79 Å². The van der Waals surface area contributed by atoms with Crippen molar-refractivity contribution < 1.29 is 14.3 Å². The van der Waals surface area contributed by atoms with Crippen molar-refractivity contribution in [1.82, 2.24) is 10.6 Å². The molecule has 0 aliphatic rings. The average Bonchev–Trinajstić information content (AvgIpc) is 2.41. The summed E-state index contributed by atoms with van der Waals surface area (Å²) < 4.78 is 11.8. The Hall–Kier alpha value is -1.27. The number of methoxy groups -OCH3 is 1. The molecular formula is C14H21BrN2O3. The van der Waals surface area contributed by atoms with Gasteiger partial charge in [0, 0.05) is 13.1 Å². The number of ether oxygens (including phenoxy) is 2. The second kappa shape index (κ2) is 8.11. The van der Waals surface area contributed by atoms with Gasteiger partial charge >= 0.3 is 0 Å². The Kier molecular flexibility index (Phi) is 6.81. The van der Waals surface area contributed by atoms with Gasteiger partial charge in [-0.25, -0.2) is 0 Å². The lowest BCUT2D eigenvalue weighted by atomic mass is 10.2. The van der Waals surface area contributed by atoms with Gasteiger partial charge in [-0.05, 0) is 54.5 Å². The first kappa shape index (κ1) is 16.8. The summed E-state index contributed by atoms with van der Waals surface area (Å²) in [7, 11) is 3.45. The molecule has 20 heavy (non-hydrogen) atoms. The molecule has 2 N–H and O–H groups in total. The Morgan fingerprint density at radius 2 is 2.15 bits per heavy atom. The molecule has 0 bridgehead atoms. The third-order valence-corrected chi connectivity index (χ3v) is 3.27. The Balaban J connectivity index is 2.96. The van der Waals surface area contributed by atoms with E-state index < -0.39 is 6.10 Å². The standard InChI is InChI=1S/C14H21BrN2O3/c1-5-17-14(18)9(2)20-13-11(15)6-10(8-16-3)7-12(13)19-4/h6-7,9,16H,5,8H2,1-4H3,(H,17,18). The normalized spacial score (nSPS) is 11.8. The highest BCUT2D eigenvalue weighted by Gasteiger charge is 2.19. The van der Waals surface area contributed by atoms with E-state index in [1.807, 2.05) is 26.1 Å². The molecule has 0 aliphatic heterocycles. The van der Waals surface area contributed by atoms with Crippen LogP contribution in [0.4, 0.5) is 0 Å². The summed E-state index contributed by atoms with van der Waals surface area (Å²) in [5.74, 6) is 0.979. The van der Waals surface area contributed by atoms with Crippen LogP contribution in [-0.2, 0) is 11.3 Å². The van der Waals surface area contributed by atoms with Crippen LogP contribution in [0.2, 0.25) is 0 Å². The summed E-state index contributed by atoms with van der Waals surface area (Å²) in [6.07, 6.45) is -0.588. The molecule has 112 valence electrons. The van der Waals surface area contributed by atoms with Crippen LogP contribution < -0.4 is 20.1 Å². The fourth-order valence-corrected chi connectivity index (χ4v) is 2.32. The van der Waals surface area contributed by atoms with E-state index in [0.717, 1.165) is 16.6 Å². The minimum absolute atomic E-state index is 0.152. The van der Waals surface area contributed by atoms with Gasteiger partial charge in [-0.15, -0.1) is 0 Å². The Labute approximate surface area is 128 Å². The molecule has 0 heterocycles. The molecule has 0 aliphatic carbocycles. The lowest BCUT2D eigenvalue weighted by Crippen LogP contribution is -2.36. The molecule has 1 aromatic rings. The molecule has 0 aromatic heterocycles. The fraction of sp³-hybridized carbons (Fsp3) is 0.500. The number of carbonyl (C=O) groups is 1. The molecule has 0 fully saturated rings. The summed E-state index contributed by atoms with van der Waals surface area (Å²) in [5, 5.41) is 5.80. The van der Waals surface area contributed by atoms with Crippen LogP contribution in [0.3, 0.4) is 0 Å². The van der Waals surface area contributed by atoms with Crippen LogP contribution in [0, 0.1) is 0 Å². The van der Waals surface area contributed by atoms with E-state index in [1.165, 1.54) is 0 Å². The van der Waals surface area contributed by atoms with Gasteiger partial charge in [0.2, 0.25) is 0 Å². The summed E-state index contributed by atoms with van der Waals surface area (Å²) in [6, 6.07) is 3.83. The first-order valence-electron chi connectivity index (χ1n) is 6.48. The first-order chi connectivity index (χ1) is 9.53. The van der Waals surface area contributed by atoms with Crippen LogP contribution in [0.25, 0.3) is 0 Å². The van der Waals surface area contributed by atoms with Crippen LogP contribution in [0.5, 0.6) is 11.5 Å². The number of hydrogen-bond donors (Lipinski definition) is 2. The predicted octanol–water partition coefficient (Wildman–Crippen LogP) is 2.08. The molecule has 1 aromatic carbocycles. The second-order valence-electron chi connectivity index (χ2n) is 4.29. The Morgan fingerprint density at radius 1 is 1.45 bits per heavy atom. The van der Waals surface area contributed by atoms with Gasteiger partial charge in [0.1, 0.15) is 0 Å². The second-order valence-corrected chi connectivity index (χ2v) is 5.15. The molecule has 1 atom stereocenters. The number of likely N-dealkylation sites (N-methyl/N-ethyl adjacent to an activating group) is 1. The largest absolute Gasteiger partial charge is 0.493 e. The van der Waals surface area contributed by atoms with E-state index >= 15 is 0 Å². The number of carbonyl (C=O) groups excluding carboxylic acids is 1. The van der Waals surface area contributed by atoms with Gasteiger partial charge in [-0.2, -0.15) is 0 Å². The van der Waals surface area contributed by atoms with Gasteiger partial charge in [0.25, 0.3) is 5.91 Å². The number of halogens is 1. The summed E-state index contributed by atoms with van der Waals surface area (Å²) in [5.41, 5.74) is 1.06. The number of hydrogen-bond acceptors (Lipinski definition) is 4. The molecule has 1 rings (SSSR count). The zero-order valence-electron chi connectivity index (χ0n) is 12.2. The number of rotatable bonds is 7. The van der Waals surface area contributed by atoms with E-state index in [1.54, 1.807) is 14.0 Å². The monoisotopic (exact) mass is 344 g/mol. The van der Waals surface area contributed by atoms with Gasteiger partial charge < -0.3 is 20.1 Å². The van der Waals surface area contributed by atoms with E-state index in [4.69, 9.17) is 9.47 Å². The number of nitrogens with one attached hydrogen (secondary N) is 2. The number of amides is 1. The van der Waals surface area contributed by atoms with Crippen LogP contribution in [0.15, 0.2) is 16.6 Å². The smallest absolute Gasteiger partial charge is 0.260 e. The molecule has 0 spiro atoms. The maximum atomic E-state index is 11.7. The van der Waals surface area contributed by atoms with Crippen molar-refractivity contribution in [3.05, 3.63) is 22.2 Å². The fourth-order valence-electron chi connectivity index (χ4n) is 1.74. The molecule has 1 unspecified atom stereocenters. The Morgan fingerprint density at radius 3 is 2.70 bits per heavy atom. The Bertz CT molecular complexity index is 466. The van der Waals surface area contributed by atoms with Gasteiger partial charge in [0.15, 0.2) is 17.6 Å². The minimum Gasteiger partial charge on any atom is -0.493 e. The third-order valence-electron chi connectivity index (χ3n) is 2.68. The van der Waals surface area contributed by atoms with Crippen molar-refractivity contribution in [3.63, 3.8) is 0 Å². The molecule has 0 saturated carbocycles. The third kappa shape index (κ3) is 4.38. The van der Waals surface area contributed by atoms with Gasteiger partial charge in [0.05, 0.1) is 11.6 Å². The first-order valence-corrected chi connectivity index (χ1v) is 7.28. The topological polar surface area (TPSA) is 59.6 Å². The van der Waals surface area contributed by atoms with E-state index in [-0.39, 0.29) is 5.91 Å². The van der Waals surface area contributed by atoms with Crippen LogP contribution >= 0.6 is 15.9 Å². The van der Waals surface area contributed by atoms with Crippen molar-refractivity contribution in [2.24, 2.45) is 0 Å².